The third-order valence-electron chi connectivity index (χ3n) is 2.75. The minimum Gasteiger partial charge on any atom is -0.308 e. The van der Waals surface area contributed by atoms with Crippen LogP contribution >= 0.6 is 33.9 Å². The van der Waals surface area contributed by atoms with Gasteiger partial charge in [0.2, 0.25) is 0 Å². The fraction of sp³-hybridized carbons (Fsp3) is 0.333. The first-order valence-electron chi connectivity index (χ1n) is 5.73. The second-order valence-corrected chi connectivity index (χ2v) is 6.50. The molecule has 1 aliphatic carbocycles. The monoisotopic (exact) mass is 375 g/mol. The number of nitrogens with zero attached hydrogens (tertiary/aromatic N) is 2. The Balaban J connectivity index is 1.78. The molecule has 1 heterocycles. The van der Waals surface area contributed by atoms with Gasteiger partial charge in [0, 0.05) is 21.7 Å². The molecular weight excluding hydrogens is 364 g/mol. The fourth-order valence-electron chi connectivity index (χ4n) is 1.62. The molecule has 0 atom stereocenters. The molecule has 18 heavy (non-hydrogen) atoms. The molecule has 2 aromatic rings. The van der Waals surface area contributed by atoms with Crippen molar-refractivity contribution in [1.82, 2.24) is 15.5 Å². The van der Waals surface area contributed by atoms with E-state index in [1.54, 1.807) is 17.4 Å². The van der Waals surface area contributed by atoms with Crippen molar-refractivity contribution in [1.29, 1.82) is 0 Å². The Hall–Kier alpha value is -0.600. The summed E-state index contributed by atoms with van der Waals surface area (Å²) in [6.07, 6.45) is 2.53. The van der Waals surface area contributed by atoms with Crippen LogP contribution in [0.4, 0.5) is 4.39 Å². The van der Waals surface area contributed by atoms with Crippen molar-refractivity contribution in [2.45, 2.75) is 25.4 Å². The maximum absolute atomic E-state index is 13.0. The van der Waals surface area contributed by atoms with E-state index in [9.17, 15) is 4.39 Å². The minimum atomic E-state index is -0.219. The van der Waals surface area contributed by atoms with E-state index in [0.29, 0.717) is 6.04 Å². The highest BCUT2D eigenvalue weighted by Crippen LogP contribution is 2.29. The number of aromatic nitrogens is 2. The summed E-state index contributed by atoms with van der Waals surface area (Å²) >= 11 is 3.69. The highest BCUT2D eigenvalue weighted by Gasteiger charge is 2.21. The number of halogens is 2. The molecule has 0 saturated heterocycles. The molecule has 3 nitrogen and oxygen atoms in total. The predicted octanol–water partition coefficient (Wildman–Crippen LogP) is 3.20. The molecule has 1 N–H and O–H groups in total. The van der Waals surface area contributed by atoms with E-state index in [0.717, 1.165) is 25.7 Å². The highest BCUT2D eigenvalue weighted by molar-refractivity contribution is 14.1. The first kappa shape index (κ1) is 12.4. The van der Waals surface area contributed by atoms with E-state index in [4.69, 9.17) is 0 Å². The van der Waals surface area contributed by atoms with Crippen LogP contribution < -0.4 is 5.32 Å². The Bertz CT molecular complexity index is 568. The first-order chi connectivity index (χ1) is 8.72. The van der Waals surface area contributed by atoms with Crippen molar-refractivity contribution in [3.8, 4) is 10.6 Å². The number of hydrogen-bond acceptors (Lipinski definition) is 4. The molecule has 0 aliphatic heterocycles. The van der Waals surface area contributed by atoms with Gasteiger partial charge in [0.05, 0.1) is 0 Å². The summed E-state index contributed by atoms with van der Waals surface area (Å²) < 4.78 is 13.9. The predicted molar refractivity (Wildman–Crippen MR) is 77.9 cm³/mol. The minimum absolute atomic E-state index is 0.219. The molecule has 3 rings (SSSR count). The first-order valence-corrected chi connectivity index (χ1v) is 7.63. The largest absolute Gasteiger partial charge is 0.308 e. The van der Waals surface area contributed by atoms with Crippen LogP contribution in [-0.4, -0.2) is 16.2 Å². The lowest BCUT2D eigenvalue weighted by atomic mass is 10.2. The van der Waals surface area contributed by atoms with Crippen molar-refractivity contribution in [3.63, 3.8) is 0 Å². The zero-order valence-electron chi connectivity index (χ0n) is 9.49. The van der Waals surface area contributed by atoms with Gasteiger partial charge in [-0.05, 0) is 53.6 Å². The molecule has 94 valence electrons. The van der Waals surface area contributed by atoms with Gasteiger partial charge in [-0.15, -0.1) is 10.2 Å². The summed E-state index contributed by atoms with van der Waals surface area (Å²) in [5, 5.41) is 13.6. The topological polar surface area (TPSA) is 37.8 Å². The lowest BCUT2D eigenvalue weighted by Gasteiger charge is -1.99. The molecule has 0 radical (unpaired) electrons. The second-order valence-electron chi connectivity index (χ2n) is 4.28. The lowest BCUT2D eigenvalue weighted by Crippen LogP contribution is -2.14. The van der Waals surface area contributed by atoms with Gasteiger partial charge in [0.25, 0.3) is 0 Å². The van der Waals surface area contributed by atoms with Crippen LogP contribution in [0.3, 0.4) is 0 Å². The van der Waals surface area contributed by atoms with Crippen molar-refractivity contribution in [2.24, 2.45) is 0 Å². The van der Waals surface area contributed by atoms with Crippen LogP contribution in [-0.2, 0) is 6.54 Å². The quantitative estimate of drug-likeness (QED) is 0.835. The van der Waals surface area contributed by atoms with Gasteiger partial charge in [-0.25, -0.2) is 4.39 Å². The smallest absolute Gasteiger partial charge is 0.148 e. The molecule has 1 aliphatic rings. The second kappa shape index (κ2) is 5.18. The molecule has 0 amide bonds. The lowest BCUT2D eigenvalue weighted by molar-refractivity contribution is 0.627. The zero-order chi connectivity index (χ0) is 12.5. The number of benzene rings is 1. The Morgan fingerprint density at radius 3 is 2.94 bits per heavy atom. The maximum Gasteiger partial charge on any atom is 0.148 e. The maximum atomic E-state index is 13.0. The van der Waals surface area contributed by atoms with Crippen LogP contribution in [0.5, 0.6) is 0 Å². The van der Waals surface area contributed by atoms with Gasteiger partial charge in [0.1, 0.15) is 15.8 Å². The van der Waals surface area contributed by atoms with E-state index in [-0.39, 0.29) is 5.82 Å². The summed E-state index contributed by atoms with van der Waals surface area (Å²) in [6.45, 7) is 0.778. The molecule has 0 unspecified atom stereocenters. The van der Waals surface area contributed by atoms with Crippen LogP contribution in [0.1, 0.15) is 17.8 Å². The zero-order valence-corrected chi connectivity index (χ0v) is 12.5. The van der Waals surface area contributed by atoms with Crippen molar-refractivity contribution in [2.75, 3.05) is 0 Å². The highest BCUT2D eigenvalue weighted by atomic mass is 127. The van der Waals surface area contributed by atoms with Crippen LogP contribution in [0.25, 0.3) is 10.6 Å². The normalized spacial score (nSPS) is 15.0. The SMILES string of the molecule is Fc1ccc(-c2nnc(CNC3CC3)s2)c(I)c1. The third-order valence-corrected chi connectivity index (χ3v) is 4.60. The number of nitrogens with one attached hydrogen (secondary N) is 1. The van der Waals surface area contributed by atoms with Crippen LogP contribution in [0, 0.1) is 9.39 Å². The van der Waals surface area contributed by atoms with E-state index in [1.807, 2.05) is 0 Å². The van der Waals surface area contributed by atoms with Gasteiger partial charge in [-0.1, -0.05) is 11.3 Å². The summed E-state index contributed by atoms with van der Waals surface area (Å²) in [5.74, 6) is -0.219. The third kappa shape index (κ3) is 2.86. The molecule has 1 fully saturated rings. The molecule has 1 saturated carbocycles. The number of hydrogen-bond donors (Lipinski definition) is 1. The average Bonchev–Trinajstić information content (AvgIpc) is 3.05. The van der Waals surface area contributed by atoms with E-state index in [2.05, 4.69) is 38.1 Å². The van der Waals surface area contributed by atoms with E-state index >= 15 is 0 Å². The Morgan fingerprint density at radius 1 is 1.39 bits per heavy atom. The molecule has 1 aromatic heterocycles. The van der Waals surface area contributed by atoms with Gasteiger partial charge < -0.3 is 5.32 Å². The van der Waals surface area contributed by atoms with Crippen molar-refractivity contribution >= 4 is 33.9 Å². The fourth-order valence-corrected chi connectivity index (χ4v) is 3.36. The average molecular weight is 375 g/mol. The van der Waals surface area contributed by atoms with Crippen LogP contribution in [0.15, 0.2) is 18.2 Å². The molecule has 0 spiro atoms. The molecule has 0 bridgehead atoms. The van der Waals surface area contributed by atoms with Crippen LogP contribution in [0.2, 0.25) is 0 Å². The summed E-state index contributed by atoms with van der Waals surface area (Å²) in [5.41, 5.74) is 0.951. The Labute approximate surface area is 122 Å². The van der Waals surface area contributed by atoms with Gasteiger partial charge >= 0.3 is 0 Å². The van der Waals surface area contributed by atoms with Gasteiger partial charge in [-0.3, -0.25) is 0 Å². The van der Waals surface area contributed by atoms with Crippen molar-refractivity contribution < 1.29 is 4.39 Å². The summed E-state index contributed by atoms with van der Waals surface area (Å²) in [7, 11) is 0. The summed E-state index contributed by atoms with van der Waals surface area (Å²) in [4.78, 5) is 0. The van der Waals surface area contributed by atoms with E-state index < -0.39 is 0 Å². The Kier molecular flexibility index (Phi) is 3.58. The number of rotatable bonds is 4. The molecule has 1 aromatic carbocycles. The van der Waals surface area contributed by atoms with E-state index in [1.165, 1.54) is 25.0 Å². The summed E-state index contributed by atoms with van der Waals surface area (Å²) in [6, 6.07) is 5.40. The molecule has 6 heteroatoms. The standard InChI is InChI=1S/C12H11FIN3S/c13-7-1-4-9(10(14)5-7)12-17-16-11(18-12)6-15-8-2-3-8/h1,4-5,8,15H,2-3,6H2. The van der Waals surface area contributed by atoms with Gasteiger partial charge in [0.15, 0.2) is 0 Å². The Morgan fingerprint density at radius 2 is 2.22 bits per heavy atom. The molecular formula is C12H11FIN3S. The van der Waals surface area contributed by atoms with Gasteiger partial charge in [-0.2, -0.15) is 0 Å². The van der Waals surface area contributed by atoms with Crippen molar-refractivity contribution in [3.05, 3.63) is 32.6 Å².